The maximum absolute atomic E-state index is 13.1. The molecular formula is C22H21F3N4O6S. The van der Waals surface area contributed by atoms with E-state index in [9.17, 15) is 36.0 Å². The number of sulfone groups is 1. The van der Waals surface area contributed by atoms with Gasteiger partial charge in [0.15, 0.2) is 0 Å². The monoisotopic (exact) mass is 526 g/mol. The van der Waals surface area contributed by atoms with Gasteiger partial charge in [-0.1, -0.05) is 0 Å². The molecule has 0 spiro atoms. The minimum absolute atomic E-state index is 0.0330. The lowest BCUT2D eigenvalue weighted by Gasteiger charge is -2.26. The lowest BCUT2D eigenvalue weighted by Crippen LogP contribution is -2.41. The van der Waals surface area contributed by atoms with Crippen molar-refractivity contribution in [2.24, 2.45) is 0 Å². The van der Waals surface area contributed by atoms with Gasteiger partial charge in [-0.15, -0.1) is 0 Å². The minimum atomic E-state index is -5.57. The Morgan fingerprint density at radius 1 is 1.11 bits per heavy atom. The van der Waals surface area contributed by atoms with Crippen LogP contribution < -0.4 is 4.90 Å². The molecule has 36 heavy (non-hydrogen) atoms. The van der Waals surface area contributed by atoms with Crippen LogP contribution in [0.1, 0.15) is 23.0 Å². The highest BCUT2D eigenvalue weighted by Gasteiger charge is 2.47. The van der Waals surface area contributed by atoms with Gasteiger partial charge in [-0.3, -0.25) is 14.6 Å². The van der Waals surface area contributed by atoms with Crippen molar-refractivity contribution in [3.8, 4) is 0 Å². The normalized spacial score (nSPS) is 19.2. The number of carbonyl (C=O) groups excluding carboxylic acids is 3. The van der Waals surface area contributed by atoms with Crippen molar-refractivity contribution in [3.05, 3.63) is 53.9 Å². The van der Waals surface area contributed by atoms with Crippen molar-refractivity contribution in [2.45, 2.75) is 29.9 Å². The number of imide groups is 1. The predicted molar refractivity (Wildman–Crippen MR) is 119 cm³/mol. The summed E-state index contributed by atoms with van der Waals surface area (Å²) in [5, 5.41) is 0. The molecule has 0 N–H and O–H groups in total. The highest BCUT2D eigenvalue weighted by atomic mass is 32.2. The first kappa shape index (κ1) is 25.6. The number of alkyl halides is 3. The lowest BCUT2D eigenvalue weighted by molar-refractivity contribution is -0.119. The van der Waals surface area contributed by atoms with Crippen LogP contribution in [-0.2, 0) is 25.9 Å². The summed E-state index contributed by atoms with van der Waals surface area (Å²) in [7, 11) is -5.57. The number of ether oxygens (including phenoxy) is 1. The molecule has 14 heteroatoms. The number of aromatic nitrogens is 1. The molecule has 2 aliphatic heterocycles. The van der Waals surface area contributed by atoms with Crippen LogP contribution in [0.2, 0.25) is 0 Å². The number of morpholine rings is 1. The van der Waals surface area contributed by atoms with Crippen LogP contribution in [0.15, 0.2) is 47.5 Å². The third-order valence-electron chi connectivity index (χ3n) is 5.89. The summed E-state index contributed by atoms with van der Waals surface area (Å²) >= 11 is 0. The first-order valence-electron chi connectivity index (χ1n) is 10.8. The van der Waals surface area contributed by atoms with Crippen molar-refractivity contribution in [1.29, 1.82) is 0 Å². The van der Waals surface area contributed by atoms with E-state index in [-0.39, 0.29) is 23.8 Å². The summed E-state index contributed by atoms with van der Waals surface area (Å²) < 4.78 is 66.8. The maximum Gasteiger partial charge on any atom is 0.501 e. The summed E-state index contributed by atoms with van der Waals surface area (Å²) in [6.45, 7) is 3.16. The highest BCUT2D eigenvalue weighted by molar-refractivity contribution is 7.92. The number of halogens is 3. The molecule has 2 aliphatic rings. The van der Waals surface area contributed by atoms with E-state index in [0.29, 0.717) is 44.0 Å². The zero-order valence-electron chi connectivity index (χ0n) is 18.9. The molecule has 2 saturated heterocycles. The first-order valence-corrected chi connectivity index (χ1v) is 12.3. The number of carbonyl (C=O) groups is 3. The van der Waals surface area contributed by atoms with Gasteiger partial charge >= 0.3 is 11.5 Å². The number of nitrogens with zero attached hydrogens (tertiary/aromatic N) is 4. The van der Waals surface area contributed by atoms with Gasteiger partial charge in [0.25, 0.3) is 21.7 Å². The number of anilines is 1. The first-order chi connectivity index (χ1) is 16.9. The quantitative estimate of drug-likeness (QED) is 0.549. The average molecular weight is 526 g/mol. The van der Waals surface area contributed by atoms with Gasteiger partial charge in [-0.2, -0.15) is 13.2 Å². The number of urea groups is 1. The van der Waals surface area contributed by atoms with Crippen molar-refractivity contribution in [2.75, 3.05) is 31.2 Å². The standard InChI is InChI=1S/C22H21F3N4O6S/c1-14-19(30)29(16-2-4-17(5-3-16)36(33,34)22(23,24)25)21(32)28(14)13-15-6-7-26-18(12-15)20(31)27-8-10-35-11-9-27/h2-7,12,14H,8-11,13H2,1H3. The Balaban J connectivity index is 1.53. The van der Waals surface area contributed by atoms with E-state index in [1.807, 2.05) is 0 Å². The molecule has 4 amide bonds. The number of pyridine rings is 1. The van der Waals surface area contributed by atoms with Crippen LogP contribution in [0, 0.1) is 0 Å². The van der Waals surface area contributed by atoms with Crippen LogP contribution in [0.3, 0.4) is 0 Å². The van der Waals surface area contributed by atoms with E-state index < -0.39 is 38.2 Å². The molecule has 4 rings (SSSR count). The highest BCUT2D eigenvalue weighted by Crippen LogP contribution is 2.32. The third kappa shape index (κ3) is 4.65. The molecule has 0 bridgehead atoms. The van der Waals surface area contributed by atoms with Crippen molar-refractivity contribution < 1.29 is 40.7 Å². The molecule has 1 unspecified atom stereocenters. The zero-order chi connectivity index (χ0) is 26.3. The largest absolute Gasteiger partial charge is 0.501 e. The molecule has 2 fully saturated rings. The number of hydrogen-bond donors (Lipinski definition) is 0. The van der Waals surface area contributed by atoms with Gasteiger partial charge in [0, 0.05) is 25.8 Å². The summed E-state index contributed by atoms with van der Waals surface area (Å²) in [6, 6.07) is 4.80. The fourth-order valence-electron chi connectivity index (χ4n) is 3.87. The van der Waals surface area contributed by atoms with Crippen molar-refractivity contribution in [1.82, 2.24) is 14.8 Å². The van der Waals surface area contributed by atoms with Crippen LogP contribution in [0.25, 0.3) is 0 Å². The SMILES string of the molecule is CC1C(=O)N(c2ccc(S(=O)(=O)C(F)(F)F)cc2)C(=O)N1Cc1ccnc(C(=O)N2CCOCC2)c1. The Kier molecular flexibility index (Phi) is 6.75. The molecule has 1 aromatic heterocycles. The van der Waals surface area contributed by atoms with Crippen LogP contribution >= 0.6 is 0 Å². The number of rotatable bonds is 5. The lowest BCUT2D eigenvalue weighted by atomic mass is 10.2. The third-order valence-corrected chi connectivity index (χ3v) is 7.39. The molecule has 1 aromatic carbocycles. The topological polar surface area (TPSA) is 117 Å². The Morgan fingerprint density at radius 2 is 1.75 bits per heavy atom. The Hall–Kier alpha value is -3.52. The van der Waals surface area contributed by atoms with Crippen LogP contribution in [0.5, 0.6) is 0 Å². The number of amides is 4. The summed E-state index contributed by atoms with van der Waals surface area (Å²) in [4.78, 5) is 45.3. The van der Waals surface area contributed by atoms with E-state index in [1.54, 1.807) is 11.0 Å². The summed E-state index contributed by atoms with van der Waals surface area (Å²) in [5.74, 6) is -0.919. The van der Waals surface area contributed by atoms with Crippen molar-refractivity contribution in [3.63, 3.8) is 0 Å². The molecule has 0 aliphatic carbocycles. The molecule has 0 radical (unpaired) electrons. The molecule has 2 aromatic rings. The predicted octanol–water partition coefficient (Wildman–Crippen LogP) is 2.20. The second-order valence-electron chi connectivity index (χ2n) is 8.16. The van der Waals surface area contributed by atoms with Crippen molar-refractivity contribution >= 4 is 33.4 Å². The number of benzene rings is 1. The molecule has 1 atom stereocenters. The van der Waals surface area contributed by atoms with Crippen LogP contribution in [0.4, 0.5) is 23.7 Å². The summed E-state index contributed by atoms with van der Waals surface area (Å²) in [6.07, 6.45) is 1.42. The van der Waals surface area contributed by atoms with E-state index >= 15 is 0 Å². The van der Waals surface area contributed by atoms with E-state index in [4.69, 9.17) is 4.74 Å². The molecule has 3 heterocycles. The van der Waals surface area contributed by atoms with Gasteiger partial charge < -0.3 is 14.5 Å². The van der Waals surface area contributed by atoms with Gasteiger partial charge in [0.05, 0.1) is 23.8 Å². The van der Waals surface area contributed by atoms with Gasteiger partial charge in [0.1, 0.15) is 11.7 Å². The second kappa shape index (κ2) is 9.50. The smallest absolute Gasteiger partial charge is 0.378 e. The van der Waals surface area contributed by atoms with Gasteiger partial charge in [-0.05, 0) is 48.9 Å². The minimum Gasteiger partial charge on any atom is -0.378 e. The van der Waals surface area contributed by atoms with E-state index in [2.05, 4.69) is 4.98 Å². The number of hydrogen-bond acceptors (Lipinski definition) is 7. The zero-order valence-corrected chi connectivity index (χ0v) is 19.8. The molecular weight excluding hydrogens is 505 g/mol. The average Bonchev–Trinajstić information content (AvgIpc) is 3.06. The van der Waals surface area contributed by atoms with E-state index in [0.717, 1.165) is 17.0 Å². The maximum atomic E-state index is 13.1. The van der Waals surface area contributed by atoms with Crippen LogP contribution in [-0.4, -0.2) is 78.9 Å². The Labute approximate surface area is 204 Å². The Morgan fingerprint density at radius 3 is 2.36 bits per heavy atom. The van der Waals surface area contributed by atoms with Gasteiger partial charge in [-0.25, -0.2) is 18.1 Å². The molecule has 0 saturated carbocycles. The second-order valence-corrected chi connectivity index (χ2v) is 10.1. The Bertz CT molecular complexity index is 1290. The fraction of sp³-hybridized carbons (Fsp3) is 0.364. The van der Waals surface area contributed by atoms with Gasteiger partial charge in [0.2, 0.25) is 0 Å². The molecule has 192 valence electrons. The molecule has 10 nitrogen and oxygen atoms in total. The fourth-order valence-corrected chi connectivity index (χ4v) is 4.64. The summed E-state index contributed by atoms with van der Waals surface area (Å²) in [5.41, 5.74) is -4.83. The van der Waals surface area contributed by atoms with E-state index in [1.165, 1.54) is 24.1 Å².